The van der Waals surface area contributed by atoms with Crippen LogP contribution in [0.1, 0.15) is 24.1 Å². The number of halogens is 1. The molecule has 0 amide bonds. The molecule has 0 aliphatic rings. The van der Waals surface area contributed by atoms with Gasteiger partial charge in [0, 0.05) is 6.92 Å². The number of benzene rings is 2. The number of esters is 1. The zero-order valence-electron chi connectivity index (χ0n) is 14.2. The van der Waals surface area contributed by atoms with Crippen molar-refractivity contribution in [1.29, 1.82) is 0 Å². The fraction of sp³-hybridized carbons (Fsp3) is 0.222. The molecular weight excluding hydrogens is 378 g/mol. The van der Waals surface area contributed by atoms with Crippen LogP contribution in [0.5, 0.6) is 0 Å². The Morgan fingerprint density at radius 2 is 1.62 bits per heavy atom. The smallest absolute Gasteiger partial charge is 0.303 e. The molecule has 0 bridgehead atoms. The number of aryl methyl sites for hydroxylation is 1. The van der Waals surface area contributed by atoms with Crippen LogP contribution >= 0.6 is 11.6 Å². The van der Waals surface area contributed by atoms with Gasteiger partial charge in [-0.05, 0) is 36.2 Å². The molecule has 138 valence electrons. The summed E-state index contributed by atoms with van der Waals surface area (Å²) in [6.45, 7) is 2.95. The minimum atomic E-state index is -3.99. The maximum Gasteiger partial charge on any atom is 0.303 e. The van der Waals surface area contributed by atoms with Crippen LogP contribution in [-0.4, -0.2) is 25.7 Å². The molecule has 0 fully saturated rings. The lowest BCUT2D eigenvalue weighted by Gasteiger charge is -2.25. The molecule has 2 atom stereocenters. The van der Waals surface area contributed by atoms with E-state index in [1.54, 1.807) is 42.5 Å². The number of nitrogens with one attached hydrogen (secondary N) is 1. The minimum Gasteiger partial charge on any atom is -0.451 e. The largest absolute Gasteiger partial charge is 0.451 e. The van der Waals surface area contributed by atoms with Crippen LogP contribution in [0.2, 0.25) is 0 Å². The van der Waals surface area contributed by atoms with Crippen LogP contribution < -0.4 is 4.72 Å². The van der Waals surface area contributed by atoms with E-state index >= 15 is 0 Å². The summed E-state index contributed by atoms with van der Waals surface area (Å²) < 4.78 is 32.9. The quantitative estimate of drug-likeness (QED) is 0.575. The minimum absolute atomic E-state index is 0.0210. The van der Waals surface area contributed by atoms with Gasteiger partial charge in [-0.15, -0.1) is 0 Å². The van der Waals surface area contributed by atoms with E-state index in [0.29, 0.717) is 5.56 Å². The molecule has 0 spiro atoms. The third-order valence-corrected chi connectivity index (χ3v) is 5.26. The first kappa shape index (κ1) is 20.1. The fourth-order valence-electron chi connectivity index (χ4n) is 2.34. The van der Waals surface area contributed by atoms with Crippen LogP contribution in [0.3, 0.4) is 0 Å². The van der Waals surface area contributed by atoms with Gasteiger partial charge in [-0.2, -0.15) is 4.72 Å². The monoisotopic (exact) mass is 395 g/mol. The first-order valence-corrected chi connectivity index (χ1v) is 9.57. The highest BCUT2D eigenvalue weighted by molar-refractivity contribution is 7.89. The molecule has 0 aromatic heterocycles. The van der Waals surface area contributed by atoms with Crippen LogP contribution in [0, 0.1) is 6.92 Å². The number of rotatable bonds is 7. The van der Waals surface area contributed by atoms with Crippen molar-refractivity contribution in [3.63, 3.8) is 0 Å². The molecule has 0 radical (unpaired) electrons. The first-order valence-electron chi connectivity index (χ1n) is 7.71. The molecule has 0 aliphatic carbocycles. The standard InChI is InChI=1S/C18H18ClNO5S/c1-12-8-10-15(11-9-12)26(23,24)20-16(14-6-4-3-5-7-14)17(18(19)22)25-13(2)21/h3-11,16-17,20H,1-2H3. The van der Waals surface area contributed by atoms with Gasteiger partial charge in [-0.25, -0.2) is 8.42 Å². The van der Waals surface area contributed by atoms with Crippen molar-refractivity contribution in [2.75, 3.05) is 0 Å². The van der Waals surface area contributed by atoms with E-state index in [-0.39, 0.29) is 4.90 Å². The molecule has 6 nitrogen and oxygen atoms in total. The molecule has 0 saturated heterocycles. The van der Waals surface area contributed by atoms with Crippen molar-refractivity contribution in [3.8, 4) is 0 Å². The average molecular weight is 396 g/mol. The molecule has 2 aromatic carbocycles. The highest BCUT2D eigenvalue weighted by Crippen LogP contribution is 2.24. The molecule has 1 N–H and O–H groups in total. The van der Waals surface area contributed by atoms with E-state index in [0.717, 1.165) is 12.5 Å². The topological polar surface area (TPSA) is 89.5 Å². The Morgan fingerprint density at radius 3 is 2.12 bits per heavy atom. The van der Waals surface area contributed by atoms with E-state index in [1.165, 1.54) is 12.1 Å². The van der Waals surface area contributed by atoms with E-state index in [9.17, 15) is 18.0 Å². The summed E-state index contributed by atoms with van der Waals surface area (Å²) in [7, 11) is -3.99. The summed E-state index contributed by atoms with van der Waals surface area (Å²) in [6.07, 6.45) is -1.50. The third-order valence-electron chi connectivity index (χ3n) is 3.59. The lowest BCUT2D eigenvalue weighted by Crippen LogP contribution is -2.41. The van der Waals surface area contributed by atoms with Crippen LogP contribution in [0.15, 0.2) is 59.5 Å². The Morgan fingerprint density at radius 1 is 1.04 bits per heavy atom. The Balaban J connectivity index is 2.45. The van der Waals surface area contributed by atoms with E-state index in [4.69, 9.17) is 16.3 Å². The van der Waals surface area contributed by atoms with E-state index in [1.807, 2.05) is 6.92 Å². The van der Waals surface area contributed by atoms with Crippen molar-refractivity contribution in [3.05, 3.63) is 65.7 Å². The zero-order valence-corrected chi connectivity index (χ0v) is 15.8. The van der Waals surface area contributed by atoms with Crippen molar-refractivity contribution in [2.45, 2.75) is 30.9 Å². The molecule has 0 heterocycles. The van der Waals surface area contributed by atoms with Gasteiger partial charge in [0.05, 0.1) is 10.9 Å². The summed E-state index contributed by atoms with van der Waals surface area (Å²) in [5, 5.41) is -0.986. The van der Waals surface area contributed by atoms with Gasteiger partial charge in [-0.3, -0.25) is 9.59 Å². The summed E-state index contributed by atoms with van der Waals surface area (Å²) >= 11 is 5.58. The fourth-order valence-corrected chi connectivity index (χ4v) is 3.74. The Bertz CT molecular complexity index is 882. The van der Waals surface area contributed by atoms with Gasteiger partial charge in [-0.1, -0.05) is 48.0 Å². The Hall–Kier alpha value is -2.22. The lowest BCUT2D eigenvalue weighted by molar-refractivity contribution is -0.152. The number of hydrogen-bond acceptors (Lipinski definition) is 5. The van der Waals surface area contributed by atoms with Crippen LogP contribution in [0.4, 0.5) is 0 Å². The van der Waals surface area contributed by atoms with Crippen LogP contribution in [-0.2, 0) is 24.3 Å². The van der Waals surface area contributed by atoms with E-state index < -0.39 is 33.4 Å². The van der Waals surface area contributed by atoms with Crippen molar-refractivity contribution in [2.24, 2.45) is 0 Å². The predicted molar refractivity (Wildman–Crippen MR) is 97.1 cm³/mol. The second kappa shape index (κ2) is 8.44. The van der Waals surface area contributed by atoms with Crippen LogP contribution in [0.25, 0.3) is 0 Å². The number of hydrogen-bond donors (Lipinski definition) is 1. The Labute approximate surface area is 157 Å². The molecule has 8 heteroatoms. The van der Waals surface area contributed by atoms with Gasteiger partial charge < -0.3 is 4.74 Å². The first-order chi connectivity index (χ1) is 12.2. The van der Waals surface area contributed by atoms with Gasteiger partial charge in [0.25, 0.3) is 5.24 Å². The maximum absolute atomic E-state index is 12.7. The summed E-state index contributed by atoms with van der Waals surface area (Å²) in [5.41, 5.74) is 1.33. The second-order valence-corrected chi connectivity index (χ2v) is 7.74. The number of sulfonamides is 1. The summed E-state index contributed by atoms with van der Waals surface area (Å²) in [5.74, 6) is -0.750. The highest BCUT2D eigenvalue weighted by atomic mass is 35.5. The third kappa shape index (κ3) is 5.14. The maximum atomic E-state index is 12.7. The summed E-state index contributed by atoms with van der Waals surface area (Å²) in [6, 6.07) is 13.3. The second-order valence-electron chi connectivity index (χ2n) is 5.66. The number of ether oxygens (including phenoxy) is 1. The average Bonchev–Trinajstić information content (AvgIpc) is 2.58. The Kier molecular flexibility index (Phi) is 6.52. The number of carbonyl (C=O) groups is 2. The predicted octanol–water partition coefficient (Wildman–Crippen LogP) is 2.71. The molecule has 0 saturated carbocycles. The molecule has 2 aromatic rings. The van der Waals surface area contributed by atoms with Crippen molar-refractivity contribution >= 4 is 32.8 Å². The summed E-state index contributed by atoms with van der Waals surface area (Å²) in [4.78, 5) is 23.2. The van der Waals surface area contributed by atoms with E-state index in [2.05, 4.69) is 4.72 Å². The van der Waals surface area contributed by atoms with Gasteiger partial charge in [0.1, 0.15) is 0 Å². The van der Waals surface area contributed by atoms with Crippen molar-refractivity contribution in [1.82, 2.24) is 4.72 Å². The molecule has 26 heavy (non-hydrogen) atoms. The molecule has 2 rings (SSSR count). The lowest BCUT2D eigenvalue weighted by atomic mass is 10.0. The van der Waals surface area contributed by atoms with Gasteiger partial charge in [0.2, 0.25) is 10.0 Å². The zero-order chi connectivity index (χ0) is 19.3. The van der Waals surface area contributed by atoms with Crippen molar-refractivity contribution < 1.29 is 22.7 Å². The normalized spacial score (nSPS) is 13.7. The molecule has 2 unspecified atom stereocenters. The SMILES string of the molecule is CC(=O)OC(C(=O)Cl)C(NS(=O)(=O)c1ccc(C)cc1)c1ccccc1. The molecular formula is C18H18ClNO5S. The van der Waals surface area contributed by atoms with Gasteiger partial charge >= 0.3 is 5.97 Å². The molecule has 0 aliphatic heterocycles. The number of carbonyl (C=O) groups excluding carboxylic acids is 2. The van der Waals surface area contributed by atoms with Gasteiger partial charge in [0.15, 0.2) is 6.10 Å². The highest BCUT2D eigenvalue weighted by Gasteiger charge is 2.35.